The zero-order valence-corrected chi connectivity index (χ0v) is 9.96. The highest BCUT2D eigenvalue weighted by Crippen LogP contribution is 2.36. The van der Waals surface area contributed by atoms with Gasteiger partial charge in [-0.05, 0) is 24.0 Å². The molecule has 0 bridgehead atoms. The fourth-order valence-electron chi connectivity index (χ4n) is 2.15. The summed E-state index contributed by atoms with van der Waals surface area (Å²) in [5, 5.41) is 2.63. The maximum atomic E-state index is 12.4. The summed E-state index contributed by atoms with van der Waals surface area (Å²) in [6, 6.07) is 4.13. The Bertz CT molecular complexity index is 488. The van der Waals surface area contributed by atoms with Gasteiger partial charge in [0.15, 0.2) is 0 Å². The Labute approximate surface area is 107 Å². The molecule has 0 saturated carbocycles. The lowest BCUT2D eigenvalue weighted by Gasteiger charge is -2.24. The van der Waals surface area contributed by atoms with Crippen LogP contribution in [-0.4, -0.2) is 18.8 Å². The van der Waals surface area contributed by atoms with Crippen LogP contribution in [0.4, 0.5) is 18.9 Å². The van der Waals surface area contributed by atoms with Crippen molar-refractivity contribution in [3.05, 3.63) is 23.8 Å². The molecule has 1 aliphatic rings. The molecule has 1 aromatic rings. The van der Waals surface area contributed by atoms with Crippen LogP contribution in [0.3, 0.4) is 0 Å². The maximum Gasteiger partial charge on any atom is 0.573 e. The summed E-state index contributed by atoms with van der Waals surface area (Å²) in [6.07, 6.45) is -4.05. The monoisotopic (exact) mass is 274 g/mol. The van der Waals surface area contributed by atoms with E-state index in [-0.39, 0.29) is 29.7 Å². The number of hydrogen-bond acceptors (Lipinski definition) is 3. The van der Waals surface area contributed by atoms with Gasteiger partial charge in [-0.2, -0.15) is 0 Å². The van der Waals surface area contributed by atoms with E-state index in [0.717, 1.165) is 6.07 Å². The Morgan fingerprint density at radius 1 is 1.37 bits per heavy atom. The minimum atomic E-state index is -4.78. The normalized spacial score (nSPS) is 19.9. The zero-order valence-electron chi connectivity index (χ0n) is 9.96. The highest BCUT2D eigenvalue weighted by atomic mass is 19.4. The molecule has 0 radical (unpaired) electrons. The van der Waals surface area contributed by atoms with Gasteiger partial charge in [-0.1, -0.05) is 6.07 Å². The number of halogens is 3. The van der Waals surface area contributed by atoms with Gasteiger partial charge >= 0.3 is 6.36 Å². The van der Waals surface area contributed by atoms with E-state index in [1.165, 1.54) is 12.1 Å². The molecule has 104 valence electrons. The van der Waals surface area contributed by atoms with Crippen LogP contribution >= 0.6 is 0 Å². The number of carbonyl (C=O) groups excluding carboxylic acids is 1. The third kappa shape index (κ3) is 3.52. The van der Waals surface area contributed by atoms with Crippen LogP contribution in [0.25, 0.3) is 0 Å². The van der Waals surface area contributed by atoms with Gasteiger partial charge in [0, 0.05) is 24.7 Å². The third-order valence-electron chi connectivity index (χ3n) is 2.95. The zero-order chi connectivity index (χ0) is 14.0. The molecule has 1 amide bonds. The summed E-state index contributed by atoms with van der Waals surface area (Å²) in [5.74, 6) is -0.787. The Hall–Kier alpha value is -1.92. The first kappa shape index (κ1) is 13.5. The second-order valence-corrected chi connectivity index (χ2v) is 4.38. The Morgan fingerprint density at radius 3 is 2.74 bits per heavy atom. The molecule has 7 heteroatoms. The van der Waals surface area contributed by atoms with Gasteiger partial charge in [-0.15, -0.1) is 13.2 Å². The minimum Gasteiger partial charge on any atom is -0.405 e. The highest BCUT2D eigenvalue weighted by Gasteiger charge is 2.33. The number of hydrogen-bond donors (Lipinski definition) is 2. The molecule has 4 nitrogen and oxygen atoms in total. The van der Waals surface area contributed by atoms with Gasteiger partial charge in [0.05, 0.1) is 0 Å². The van der Waals surface area contributed by atoms with Crippen molar-refractivity contribution in [2.45, 2.75) is 25.1 Å². The SMILES string of the molecule is Nc1ccc(C2CCNC(=O)C2)c(OC(F)(F)F)c1. The largest absolute Gasteiger partial charge is 0.573 e. The van der Waals surface area contributed by atoms with Gasteiger partial charge in [0.2, 0.25) is 5.91 Å². The Morgan fingerprint density at radius 2 is 2.11 bits per heavy atom. The van der Waals surface area contributed by atoms with Crippen LogP contribution in [-0.2, 0) is 4.79 Å². The van der Waals surface area contributed by atoms with E-state index in [4.69, 9.17) is 5.73 Å². The number of amides is 1. The molecule has 0 aromatic heterocycles. The number of nitrogens with one attached hydrogen (secondary N) is 1. The van der Waals surface area contributed by atoms with Crippen molar-refractivity contribution < 1.29 is 22.7 Å². The van der Waals surface area contributed by atoms with Crippen LogP contribution in [0.5, 0.6) is 5.75 Å². The number of nitrogens with two attached hydrogens (primary N) is 1. The maximum absolute atomic E-state index is 12.4. The van der Waals surface area contributed by atoms with Gasteiger partial charge in [-0.25, -0.2) is 0 Å². The quantitative estimate of drug-likeness (QED) is 0.812. The first-order valence-electron chi connectivity index (χ1n) is 5.77. The minimum absolute atomic E-state index is 0.151. The molecule has 3 N–H and O–H groups in total. The number of ether oxygens (including phenoxy) is 1. The molecule has 1 atom stereocenters. The number of piperidine rings is 1. The van der Waals surface area contributed by atoms with Crippen LogP contribution in [0.15, 0.2) is 18.2 Å². The predicted octanol–water partition coefficient (Wildman–Crippen LogP) is 2.16. The number of rotatable bonds is 2. The molecule has 1 aliphatic heterocycles. The van der Waals surface area contributed by atoms with E-state index in [9.17, 15) is 18.0 Å². The van der Waals surface area contributed by atoms with Gasteiger partial charge in [0.1, 0.15) is 5.75 Å². The van der Waals surface area contributed by atoms with Gasteiger partial charge in [-0.3, -0.25) is 4.79 Å². The first-order valence-corrected chi connectivity index (χ1v) is 5.77. The summed E-state index contributed by atoms with van der Waals surface area (Å²) in [6.45, 7) is 0.444. The lowest BCUT2D eigenvalue weighted by Crippen LogP contribution is -2.33. The van der Waals surface area contributed by atoms with E-state index in [1.54, 1.807) is 0 Å². The van der Waals surface area contributed by atoms with Crippen LogP contribution < -0.4 is 15.8 Å². The van der Waals surface area contributed by atoms with Crippen LogP contribution in [0.1, 0.15) is 24.3 Å². The molecule has 1 heterocycles. The average Bonchev–Trinajstić information content (AvgIpc) is 2.26. The second-order valence-electron chi connectivity index (χ2n) is 4.38. The van der Waals surface area contributed by atoms with E-state index < -0.39 is 6.36 Å². The topological polar surface area (TPSA) is 64.3 Å². The second kappa shape index (κ2) is 4.99. The molecule has 19 heavy (non-hydrogen) atoms. The van der Waals surface area contributed by atoms with Crippen molar-refractivity contribution in [2.75, 3.05) is 12.3 Å². The summed E-state index contributed by atoms with van der Waals surface area (Å²) in [7, 11) is 0. The van der Waals surface area contributed by atoms with Crippen molar-refractivity contribution in [1.29, 1.82) is 0 Å². The van der Waals surface area contributed by atoms with Crippen LogP contribution in [0.2, 0.25) is 0 Å². The van der Waals surface area contributed by atoms with E-state index in [1.807, 2.05) is 0 Å². The third-order valence-corrected chi connectivity index (χ3v) is 2.95. The summed E-state index contributed by atoms with van der Waals surface area (Å²) in [5.41, 5.74) is 6.02. The van der Waals surface area contributed by atoms with Crippen molar-refractivity contribution >= 4 is 11.6 Å². The molecule has 0 aliphatic carbocycles. The summed E-state index contributed by atoms with van der Waals surface area (Å²) < 4.78 is 41.1. The Balaban J connectivity index is 2.30. The summed E-state index contributed by atoms with van der Waals surface area (Å²) >= 11 is 0. The lowest BCUT2D eigenvalue weighted by atomic mass is 9.89. The van der Waals surface area contributed by atoms with Crippen molar-refractivity contribution in [2.24, 2.45) is 0 Å². The number of benzene rings is 1. The number of carbonyl (C=O) groups is 1. The highest BCUT2D eigenvalue weighted by molar-refractivity contribution is 5.78. The number of anilines is 1. The fraction of sp³-hybridized carbons (Fsp3) is 0.417. The Kier molecular flexibility index (Phi) is 3.55. The molecule has 1 saturated heterocycles. The standard InChI is InChI=1S/C12H13F3N2O2/c13-12(14,15)19-10-6-8(16)1-2-9(10)7-3-4-17-11(18)5-7/h1-2,6-7H,3-5,16H2,(H,17,18). The molecule has 2 rings (SSSR count). The van der Waals surface area contributed by atoms with E-state index >= 15 is 0 Å². The van der Waals surface area contributed by atoms with Crippen LogP contribution in [0, 0.1) is 0 Å². The van der Waals surface area contributed by atoms with Gasteiger partial charge < -0.3 is 15.8 Å². The van der Waals surface area contributed by atoms with Gasteiger partial charge in [0.25, 0.3) is 0 Å². The predicted molar refractivity (Wildman–Crippen MR) is 62.5 cm³/mol. The molecule has 1 aromatic carbocycles. The summed E-state index contributed by atoms with van der Waals surface area (Å²) in [4.78, 5) is 11.3. The number of nitrogen functional groups attached to an aromatic ring is 1. The molecule has 1 unspecified atom stereocenters. The lowest BCUT2D eigenvalue weighted by molar-refractivity contribution is -0.274. The molecule has 1 fully saturated rings. The van der Waals surface area contributed by atoms with E-state index in [0.29, 0.717) is 18.5 Å². The fourth-order valence-corrected chi connectivity index (χ4v) is 2.15. The van der Waals surface area contributed by atoms with E-state index in [2.05, 4.69) is 10.1 Å². The average molecular weight is 274 g/mol. The smallest absolute Gasteiger partial charge is 0.405 e. The van der Waals surface area contributed by atoms with Crippen molar-refractivity contribution in [3.63, 3.8) is 0 Å². The first-order chi connectivity index (χ1) is 8.85. The number of alkyl halides is 3. The molecular weight excluding hydrogens is 261 g/mol. The molecular formula is C12H13F3N2O2. The van der Waals surface area contributed by atoms with Crippen molar-refractivity contribution in [1.82, 2.24) is 5.32 Å². The molecule has 0 spiro atoms. The van der Waals surface area contributed by atoms with Crippen molar-refractivity contribution in [3.8, 4) is 5.75 Å².